The van der Waals surface area contributed by atoms with Crippen LogP contribution in [0.5, 0.6) is 34.5 Å². The van der Waals surface area contributed by atoms with Crippen LogP contribution in [0.2, 0.25) is 0 Å². The quantitative estimate of drug-likeness (QED) is 0.0689. The summed E-state index contributed by atoms with van der Waals surface area (Å²) in [5.41, 5.74) is 7.95. The second-order valence-electron chi connectivity index (χ2n) is 17.7. The molecule has 0 spiro atoms. The van der Waals surface area contributed by atoms with Gasteiger partial charge < -0.3 is 50.0 Å². The minimum Gasteiger partial charge on any atom is -0.493 e. The van der Waals surface area contributed by atoms with E-state index in [-0.39, 0.29) is 47.7 Å². The number of anilines is 1. The molecular formula is C56H52N6O10. The molecule has 3 aliphatic rings. The van der Waals surface area contributed by atoms with E-state index in [4.69, 9.17) is 18.9 Å². The minimum atomic E-state index is -0.951. The Morgan fingerprint density at radius 2 is 1.21 bits per heavy atom. The van der Waals surface area contributed by atoms with Crippen LogP contribution in [0.15, 0.2) is 115 Å². The van der Waals surface area contributed by atoms with E-state index in [1.165, 1.54) is 28.8 Å². The first kappa shape index (κ1) is 49.7. The molecule has 72 heavy (non-hydrogen) atoms. The molecule has 0 aromatic heterocycles. The fraction of sp³-hybridized carbons (Fsp3) is 0.250. The Labute approximate surface area is 416 Å². The number of nitrogens with zero attached hydrogens (tertiary/aromatic N) is 3. The third kappa shape index (κ3) is 12.2. The molecule has 0 radical (unpaired) electrons. The molecule has 6 aromatic rings. The molecule has 0 saturated heterocycles. The van der Waals surface area contributed by atoms with Gasteiger partial charge in [-0.25, -0.2) is 0 Å². The predicted molar refractivity (Wildman–Crippen MR) is 266 cm³/mol. The van der Waals surface area contributed by atoms with Gasteiger partial charge in [0.2, 0.25) is 0 Å². The van der Waals surface area contributed by atoms with Crippen molar-refractivity contribution in [2.75, 3.05) is 45.7 Å². The standard InChI is InChI=1S/C29H29N3O5.C27H23N3O5/c1-32(2)18-20-5-3-19(4-6-20)11-13-31-28(33)21-7-9-23(10-8-21)37-26-16-27-25(15-22(26)17-30)24(29(34)35)12-14-36-27;28-14-18-12-23-22(27(32)33)8-10-34-25(23)13-24(18)35-21-5-2-17(3-6-21)26(31)30-20-4-1-16-7-9-29-15-19(16)11-20/h3-10,15-16,24H,11-14,18H2,1-2H3,(H,31,33)(H,34,35);1-6,11-13,22,29H,7-10,15H2,(H,30,31)(H,32,33). The predicted octanol–water partition coefficient (Wildman–Crippen LogP) is 8.53. The summed E-state index contributed by atoms with van der Waals surface area (Å²) in [5, 5.41) is 47.3. The van der Waals surface area contributed by atoms with Gasteiger partial charge in [-0.2, -0.15) is 10.5 Å². The highest BCUT2D eigenvalue weighted by Crippen LogP contribution is 2.41. The fourth-order valence-corrected chi connectivity index (χ4v) is 8.65. The Morgan fingerprint density at radius 3 is 1.72 bits per heavy atom. The number of ether oxygens (including phenoxy) is 4. The normalized spacial score (nSPS) is 15.2. The van der Waals surface area contributed by atoms with Crippen molar-refractivity contribution in [1.82, 2.24) is 15.5 Å². The van der Waals surface area contributed by atoms with Crippen LogP contribution in [0.4, 0.5) is 5.69 Å². The summed E-state index contributed by atoms with van der Waals surface area (Å²) in [6, 6.07) is 37.8. The van der Waals surface area contributed by atoms with Crippen molar-refractivity contribution in [3.63, 3.8) is 0 Å². The van der Waals surface area contributed by atoms with E-state index in [9.17, 15) is 39.9 Å². The number of amides is 2. The molecule has 0 saturated carbocycles. The molecule has 2 unspecified atom stereocenters. The van der Waals surface area contributed by atoms with Gasteiger partial charge in [0.1, 0.15) is 46.6 Å². The van der Waals surface area contributed by atoms with Crippen LogP contribution in [0.25, 0.3) is 0 Å². The van der Waals surface area contributed by atoms with Gasteiger partial charge in [0.15, 0.2) is 0 Å². The van der Waals surface area contributed by atoms with Crippen molar-refractivity contribution in [1.29, 1.82) is 10.5 Å². The number of carbonyl (C=O) groups is 4. The van der Waals surface area contributed by atoms with Crippen molar-refractivity contribution in [3.05, 3.63) is 171 Å². The van der Waals surface area contributed by atoms with Crippen molar-refractivity contribution in [2.45, 2.75) is 50.6 Å². The monoisotopic (exact) mass is 968 g/mol. The zero-order valence-electron chi connectivity index (χ0n) is 39.7. The van der Waals surface area contributed by atoms with Crippen molar-refractivity contribution in [2.24, 2.45) is 0 Å². The number of nitriles is 2. The van der Waals surface area contributed by atoms with E-state index in [1.807, 2.05) is 26.2 Å². The number of nitrogens with one attached hydrogen (secondary N) is 3. The van der Waals surface area contributed by atoms with Crippen LogP contribution in [0.1, 0.15) is 89.9 Å². The number of benzene rings is 6. The second kappa shape index (κ2) is 22.8. The lowest BCUT2D eigenvalue weighted by molar-refractivity contribution is -0.140. The van der Waals surface area contributed by atoms with Gasteiger partial charge in [-0.05, 0) is 141 Å². The molecule has 2 amide bonds. The summed E-state index contributed by atoms with van der Waals surface area (Å²) < 4.78 is 23.0. The maximum atomic E-state index is 12.7. The average Bonchev–Trinajstić information content (AvgIpc) is 3.38. The van der Waals surface area contributed by atoms with Gasteiger partial charge in [-0.1, -0.05) is 30.3 Å². The summed E-state index contributed by atoms with van der Waals surface area (Å²) in [4.78, 5) is 50.5. The Balaban J connectivity index is 0.000000193. The topological polar surface area (TPSA) is 233 Å². The number of aliphatic carboxylic acids is 2. The Hall–Kier alpha value is -8.70. The molecule has 6 aromatic carbocycles. The summed E-state index contributed by atoms with van der Waals surface area (Å²) in [5.74, 6) is -1.56. The lowest BCUT2D eigenvalue weighted by Crippen LogP contribution is -2.25. The van der Waals surface area contributed by atoms with E-state index < -0.39 is 23.8 Å². The molecule has 9 rings (SSSR count). The number of hydrogen-bond acceptors (Lipinski definition) is 12. The molecular weight excluding hydrogens is 917 g/mol. The molecule has 366 valence electrons. The number of carboxylic acid groups (broad SMARTS) is 2. The van der Waals surface area contributed by atoms with Gasteiger partial charge in [0, 0.05) is 59.7 Å². The first-order valence-electron chi connectivity index (χ1n) is 23.4. The molecule has 0 fully saturated rings. The maximum Gasteiger partial charge on any atom is 0.311 e. The van der Waals surface area contributed by atoms with E-state index >= 15 is 0 Å². The SMILES string of the molecule is CN(C)Cc1ccc(CCNC(=O)c2ccc(Oc3cc4c(cc3C#N)C(C(=O)O)CCO4)cc2)cc1.N#Cc1cc2c(cc1Oc1ccc(C(=O)Nc3ccc4c(c3)CNCC4)cc1)OCCC2C(=O)O. The first-order chi connectivity index (χ1) is 34.8. The van der Waals surface area contributed by atoms with E-state index in [0.717, 1.165) is 43.7 Å². The zero-order valence-corrected chi connectivity index (χ0v) is 39.7. The molecule has 3 heterocycles. The highest BCUT2D eigenvalue weighted by Gasteiger charge is 2.31. The smallest absolute Gasteiger partial charge is 0.311 e. The van der Waals surface area contributed by atoms with Crippen LogP contribution in [0.3, 0.4) is 0 Å². The molecule has 5 N–H and O–H groups in total. The van der Waals surface area contributed by atoms with Gasteiger partial charge in [0.25, 0.3) is 11.8 Å². The van der Waals surface area contributed by atoms with Crippen LogP contribution in [-0.2, 0) is 35.5 Å². The summed E-state index contributed by atoms with van der Waals surface area (Å²) in [7, 11) is 4.07. The number of fused-ring (bicyclic) bond motifs is 3. The summed E-state index contributed by atoms with van der Waals surface area (Å²) in [6.07, 6.45) is 2.41. The molecule has 3 aliphatic heterocycles. The Morgan fingerprint density at radius 1 is 0.681 bits per heavy atom. The molecule has 0 aliphatic carbocycles. The number of rotatable bonds is 14. The van der Waals surface area contributed by atoms with Gasteiger partial charge in [-0.3, -0.25) is 19.2 Å². The third-order valence-electron chi connectivity index (χ3n) is 12.4. The summed E-state index contributed by atoms with van der Waals surface area (Å²) >= 11 is 0. The average molecular weight is 969 g/mol. The van der Waals surface area contributed by atoms with Crippen molar-refractivity contribution >= 4 is 29.4 Å². The maximum absolute atomic E-state index is 12.7. The van der Waals surface area contributed by atoms with Gasteiger partial charge in [0.05, 0.1) is 36.2 Å². The fourth-order valence-electron chi connectivity index (χ4n) is 8.65. The molecule has 0 bridgehead atoms. The van der Waals surface area contributed by atoms with Crippen molar-refractivity contribution < 1.29 is 48.3 Å². The zero-order chi connectivity index (χ0) is 50.7. The third-order valence-corrected chi connectivity index (χ3v) is 12.4. The lowest BCUT2D eigenvalue weighted by atomic mass is 9.91. The van der Waals surface area contributed by atoms with Gasteiger partial charge >= 0.3 is 11.9 Å². The Kier molecular flexibility index (Phi) is 15.8. The summed E-state index contributed by atoms with van der Waals surface area (Å²) in [6.45, 7) is 3.72. The highest BCUT2D eigenvalue weighted by atomic mass is 16.5. The largest absolute Gasteiger partial charge is 0.493 e. The van der Waals surface area contributed by atoms with Gasteiger partial charge in [-0.15, -0.1) is 0 Å². The van der Waals surface area contributed by atoms with E-state index in [0.29, 0.717) is 64.6 Å². The number of carboxylic acids is 2. The minimum absolute atomic E-state index is 0.185. The molecule has 16 nitrogen and oxygen atoms in total. The first-order valence-corrected chi connectivity index (χ1v) is 23.4. The van der Waals surface area contributed by atoms with Crippen LogP contribution in [-0.4, -0.2) is 79.3 Å². The lowest BCUT2D eigenvalue weighted by Gasteiger charge is -2.24. The van der Waals surface area contributed by atoms with Crippen LogP contribution >= 0.6 is 0 Å². The molecule has 2 atom stereocenters. The van der Waals surface area contributed by atoms with E-state index in [2.05, 4.69) is 63.3 Å². The number of hydrogen-bond donors (Lipinski definition) is 5. The molecule has 16 heteroatoms. The number of carbonyl (C=O) groups excluding carboxylic acids is 2. The second-order valence-corrected chi connectivity index (χ2v) is 17.7. The van der Waals surface area contributed by atoms with Crippen LogP contribution < -0.4 is 34.9 Å². The van der Waals surface area contributed by atoms with E-state index in [1.54, 1.807) is 60.7 Å². The van der Waals surface area contributed by atoms with Crippen molar-refractivity contribution in [3.8, 4) is 46.6 Å². The highest BCUT2D eigenvalue weighted by molar-refractivity contribution is 6.04. The van der Waals surface area contributed by atoms with Crippen LogP contribution in [0, 0.1) is 22.7 Å². The Bertz CT molecular complexity index is 3070.